The maximum Gasteiger partial charge on any atom is 0.418 e. The number of thioether (sulfide) groups is 1. The zero-order chi connectivity index (χ0) is 33.0. The van der Waals surface area contributed by atoms with Crippen molar-refractivity contribution in [2.75, 3.05) is 16.8 Å². The summed E-state index contributed by atoms with van der Waals surface area (Å²) in [6.45, 7) is -0.411. The molecular weight excluding hydrogens is 719 g/mol. The number of carbonyl (C=O) groups excluding carboxylic acids is 3. The van der Waals surface area contributed by atoms with E-state index < -0.39 is 63.7 Å². The van der Waals surface area contributed by atoms with Gasteiger partial charge in [-0.05, 0) is 53.2 Å². The largest absolute Gasteiger partial charge is 0.483 e. The smallest absolute Gasteiger partial charge is 0.418 e. The van der Waals surface area contributed by atoms with Gasteiger partial charge in [-0.2, -0.15) is 13.2 Å². The third-order valence-electron chi connectivity index (χ3n) is 7.97. The van der Waals surface area contributed by atoms with Crippen molar-refractivity contribution in [3.05, 3.63) is 115 Å². The van der Waals surface area contributed by atoms with E-state index in [1.165, 1.54) is 12.1 Å². The molecule has 7 rings (SSSR count). The number of aromatic nitrogens is 1. The lowest BCUT2D eigenvalue weighted by Crippen LogP contribution is -2.33. The number of halogens is 4. The molecule has 4 aromatic carbocycles. The number of alkyl halides is 3. The summed E-state index contributed by atoms with van der Waals surface area (Å²) in [5.74, 6) is -4.03. The predicted molar refractivity (Wildman–Crippen MR) is 176 cm³/mol. The maximum atomic E-state index is 14.1. The van der Waals surface area contributed by atoms with Crippen molar-refractivity contribution < 1.29 is 32.3 Å². The molecule has 2 aliphatic heterocycles. The molecule has 5 aromatic rings. The summed E-state index contributed by atoms with van der Waals surface area (Å²) in [6, 6.07) is 22.5. The number of ether oxygens (including phenoxy) is 1. The first-order valence-electron chi connectivity index (χ1n) is 14.1. The molecule has 3 heterocycles. The minimum Gasteiger partial charge on any atom is -0.483 e. The molecule has 2 N–H and O–H groups in total. The van der Waals surface area contributed by atoms with E-state index in [0.717, 1.165) is 46.0 Å². The molecule has 47 heavy (non-hydrogen) atoms. The average Bonchev–Trinajstić information content (AvgIpc) is 3.53. The predicted octanol–water partition coefficient (Wildman–Crippen LogP) is 7.18. The lowest BCUT2D eigenvalue weighted by molar-refractivity contribution is -0.137. The summed E-state index contributed by atoms with van der Waals surface area (Å²) >= 11 is 5.23. The summed E-state index contributed by atoms with van der Waals surface area (Å²) in [5.41, 5.74) is -0.723. The first-order valence-corrected chi connectivity index (χ1v) is 16.6. The molecule has 3 amide bonds. The zero-order valence-corrected chi connectivity index (χ0v) is 27.1. The normalized spacial score (nSPS) is 19.1. The Hall–Kier alpha value is -4.40. The van der Waals surface area contributed by atoms with Crippen LogP contribution in [0, 0.1) is 5.92 Å². The number of aromatic amines is 1. The fourth-order valence-corrected chi connectivity index (χ4v) is 8.88. The van der Waals surface area contributed by atoms with Crippen molar-refractivity contribution in [2.45, 2.75) is 22.4 Å². The molecule has 0 bridgehead atoms. The van der Waals surface area contributed by atoms with E-state index in [1.54, 1.807) is 24.3 Å². The molecule has 1 saturated heterocycles. The number of hydrogen-bond acceptors (Lipinski definition) is 7. The molecule has 8 nitrogen and oxygen atoms in total. The summed E-state index contributed by atoms with van der Waals surface area (Å²) < 4.78 is 48.5. The van der Waals surface area contributed by atoms with Crippen LogP contribution in [0.25, 0.3) is 10.8 Å². The van der Waals surface area contributed by atoms with E-state index in [1.807, 2.05) is 36.4 Å². The number of amides is 3. The Morgan fingerprint density at radius 2 is 1.68 bits per heavy atom. The Morgan fingerprint density at radius 1 is 0.936 bits per heavy atom. The van der Waals surface area contributed by atoms with Gasteiger partial charge in [0, 0.05) is 26.5 Å². The number of nitrogens with one attached hydrogen (secondary N) is 2. The number of anilines is 2. The van der Waals surface area contributed by atoms with Gasteiger partial charge in [-0.25, -0.2) is 4.90 Å². The number of carbonyl (C=O) groups is 3. The molecule has 0 saturated carbocycles. The molecule has 0 aliphatic carbocycles. The summed E-state index contributed by atoms with van der Waals surface area (Å²) in [6.07, 6.45) is -4.82. The highest BCUT2D eigenvalue weighted by Gasteiger charge is 2.57. The van der Waals surface area contributed by atoms with Crippen molar-refractivity contribution in [3.8, 4) is 5.75 Å². The Bertz CT molecular complexity index is 2150. The van der Waals surface area contributed by atoms with Gasteiger partial charge >= 0.3 is 11.0 Å². The van der Waals surface area contributed by atoms with Crippen LogP contribution in [-0.2, 0) is 20.6 Å². The highest BCUT2D eigenvalue weighted by atomic mass is 79.9. The fraction of sp³-hybridized carbons (Fsp3) is 0.152. The number of imide groups is 1. The summed E-state index contributed by atoms with van der Waals surface area (Å²) in [5, 5.41) is 3.97. The second kappa shape index (κ2) is 12.0. The molecular formula is C33H21BrF3N3O5S2. The Kier molecular flexibility index (Phi) is 7.97. The van der Waals surface area contributed by atoms with Gasteiger partial charge in [0.25, 0.3) is 5.91 Å². The second-order valence-corrected chi connectivity index (χ2v) is 13.9. The van der Waals surface area contributed by atoms with Crippen LogP contribution in [0.4, 0.5) is 24.5 Å². The van der Waals surface area contributed by atoms with E-state index in [-0.39, 0.29) is 5.75 Å². The van der Waals surface area contributed by atoms with E-state index in [4.69, 9.17) is 4.74 Å². The summed E-state index contributed by atoms with van der Waals surface area (Å²) in [7, 11) is 0. The van der Waals surface area contributed by atoms with Crippen molar-refractivity contribution in [1.29, 1.82) is 0 Å². The van der Waals surface area contributed by atoms with Crippen LogP contribution in [0.2, 0.25) is 0 Å². The van der Waals surface area contributed by atoms with Gasteiger partial charge in [0.05, 0.1) is 22.2 Å². The molecule has 0 radical (unpaired) electrons. The van der Waals surface area contributed by atoms with E-state index in [0.29, 0.717) is 30.5 Å². The van der Waals surface area contributed by atoms with Gasteiger partial charge in [-0.15, -0.1) is 0 Å². The standard InChI is InChI=1S/C33H21BrF3N3O5S2/c34-18-10-12-23(45-15-24(41)38-19-11-9-16-5-1-2-6-17(16)13-19)20(14-18)25-26-28(46-29-27(25)47-32(44)39-29)31(43)40(30(26)42)22-8-4-3-7-21(22)33(35,36)37/h1-14,25-26,28H,15H2,(H,38,41)(H,39,44)/t25-,26?,28?/m1/s1. The van der Waals surface area contributed by atoms with Gasteiger partial charge in [0.2, 0.25) is 11.8 Å². The maximum absolute atomic E-state index is 14.1. The number of nitrogens with zero attached hydrogens (tertiary/aromatic N) is 1. The summed E-state index contributed by atoms with van der Waals surface area (Å²) in [4.78, 5) is 56.7. The molecule has 238 valence electrons. The van der Waals surface area contributed by atoms with Gasteiger partial charge in [0.15, 0.2) is 6.61 Å². The first kappa shape index (κ1) is 31.2. The van der Waals surface area contributed by atoms with Gasteiger partial charge in [-0.3, -0.25) is 19.2 Å². The van der Waals surface area contributed by atoms with Crippen molar-refractivity contribution in [1.82, 2.24) is 4.98 Å². The van der Waals surface area contributed by atoms with Crippen molar-refractivity contribution in [3.63, 3.8) is 0 Å². The Balaban J connectivity index is 1.23. The topological polar surface area (TPSA) is 109 Å². The number of rotatable bonds is 6. The molecule has 14 heteroatoms. The third kappa shape index (κ3) is 5.74. The highest BCUT2D eigenvalue weighted by Crippen LogP contribution is 2.55. The van der Waals surface area contributed by atoms with Crippen LogP contribution >= 0.6 is 39.0 Å². The second-order valence-electron chi connectivity index (χ2n) is 10.9. The Labute approximate surface area is 281 Å². The Morgan fingerprint density at radius 3 is 2.47 bits per heavy atom. The minimum absolute atomic E-state index is 0.207. The van der Waals surface area contributed by atoms with Gasteiger partial charge in [-0.1, -0.05) is 81.5 Å². The molecule has 0 spiro atoms. The quantitative estimate of drug-likeness (QED) is 0.179. The van der Waals surface area contributed by atoms with E-state index in [9.17, 15) is 32.3 Å². The molecule has 2 unspecified atom stereocenters. The van der Waals surface area contributed by atoms with Crippen LogP contribution in [-0.4, -0.2) is 34.6 Å². The molecule has 2 aliphatic rings. The van der Waals surface area contributed by atoms with E-state index >= 15 is 0 Å². The van der Waals surface area contributed by atoms with Crippen LogP contribution < -0.4 is 19.8 Å². The lowest BCUT2D eigenvalue weighted by Gasteiger charge is -2.31. The van der Waals surface area contributed by atoms with Crippen LogP contribution in [0.3, 0.4) is 0 Å². The minimum atomic E-state index is -4.82. The monoisotopic (exact) mass is 739 g/mol. The lowest BCUT2D eigenvalue weighted by atomic mass is 9.82. The average molecular weight is 741 g/mol. The van der Waals surface area contributed by atoms with Crippen molar-refractivity contribution in [2.24, 2.45) is 5.92 Å². The number of H-pyrrole nitrogens is 1. The highest BCUT2D eigenvalue weighted by molar-refractivity contribution is 9.10. The third-order valence-corrected chi connectivity index (χ3v) is 10.9. The molecule has 1 aromatic heterocycles. The number of hydrogen-bond donors (Lipinski definition) is 2. The number of para-hydroxylation sites is 1. The van der Waals surface area contributed by atoms with E-state index in [2.05, 4.69) is 26.2 Å². The molecule has 3 atom stereocenters. The molecule has 1 fully saturated rings. The number of benzene rings is 4. The fourth-order valence-electron chi connectivity index (χ4n) is 6.00. The number of fused-ring (bicyclic) bond motifs is 3. The van der Waals surface area contributed by atoms with Crippen LogP contribution in [0.15, 0.2) is 99.2 Å². The van der Waals surface area contributed by atoms with Gasteiger partial charge in [0.1, 0.15) is 11.0 Å². The van der Waals surface area contributed by atoms with Crippen LogP contribution in [0.5, 0.6) is 5.75 Å². The SMILES string of the molecule is O=C(COc1ccc(Br)cc1[C@H]1c2sc(=O)[nH]c2SC2C(=O)N(c3ccccc3C(F)(F)F)C(=O)C21)Nc1ccc2ccccc2c1. The number of thiazole rings is 1. The van der Waals surface area contributed by atoms with Crippen molar-refractivity contribution >= 4 is 78.9 Å². The van der Waals surface area contributed by atoms with Crippen LogP contribution in [0.1, 0.15) is 21.9 Å². The first-order chi connectivity index (χ1) is 22.5. The zero-order valence-electron chi connectivity index (χ0n) is 23.8. The van der Waals surface area contributed by atoms with Gasteiger partial charge < -0.3 is 15.0 Å².